The number of ether oxygens (including phenoxy) is 1. The Bertz CT molecular complexity index is 770. The normalized spacial score (nSPS) is 11.3. The Labute approximate surface area is 113 Å². The van der Waals surface area contributed by atoms with Crippen molar-refractivity contribution in [2.75, 3.05) is 12.0 Å². The van der Waals surface area contributed by atoms with Crippen molar-refractivity contribution in [3.05, 3.63) is 41.7 Å². The number of nitrogen functional groups attached to an aromatic ring is 1. The number of rotatable bonds is 3. The molecule has 0 aliphatic rings. The van der Waals surface area contributed by atoms with Crippen LogP contribution in [-0.4, -0.2) is 29.8 Å². The number of nitrogens with two attached hydrogens (primary N) is 1. The van der Waals surface area contributed by atoms with Crippen LogP contribution < -0.4 is 10.5 Å². The minimum Gasteiger partial charge on any atom is -0.402 e. The van der Waals surface area contributed by atoms with E-state index in [-0.39, 0.29) is 17.3 Å². The lowest BCUT2D eigenvalue weighted by atomic mass is 10.2. The smallest absolute Gasteiger partial charge is 0.345 e. The molecule has 1 aromatic heterocycles. The molecule has 2 rings (SSSR count). The molecular weight excluding hydrogens is 289 g/mol. The Morgan fingerprint density at radius 2 is 2.10 bits per heavy atom. The van der Waals surface area contributed by atoms with Crippen LogP contribution in [0.4, 0.5) is 10.2 Å². The lowest BCUT2D eigenvalue weighted by Gasteiger charge is -2.01. The second-order valence-electron chi connectivity index (χ2n) is 3.91. The number of carbonyl (C=O) groups excluding carboxylic acids is 1. The summed E-state index contributed by atoms with van der Waals surface area (Å²) >= 11 is 0. The summed E-state index contributed by atoms with van der Waals surface area (Å²) < 4.78 is 40.9. The highest BCUT2D eigenvalue weighted by atomic mass is 32.2. The van der Waals surface area contributed by atoms with Crippen molar-refractivity contribution >= 4 is 21.8 Å². The Morgan fingerprint density at radius 1 is 1.40 bits per heavy atom. The summed E-state index contributed by atoms with van der Waals surface area (Å²) in [7, 11) is -3.69. The zero-order valence-corrected chi connectivity index (χ0v) is 11.1. The summed E-state index contributed by atoms with van der Waals surface area (Å²) in [5, 5.41) is 3.54. The molecule has 1 heterocycles. The zero-order chi connectivity index (χ0) is 14.9. The fourth-order valence-electron chi connectivity index (χ4n) is 1.44. The van der Waals surface area contributed by atoms with Gasteiger partial charge in [-0.25, -0.2) is 17.6 Å². The highest BCUT2D eigenvalue weighted by molar-refractivity contribution is 7.89. The van der Waals surface area contributed by atoms with Crippen LogP contribution in [0, 0.1) is 5.82 Å². The molecular formula is C11H10FN3O4S. The van der Waals surface area contributed by atoms with Gasteiger partial charge >= 0.3 is 5.97 Å². The van der Waals surface area contributed by atoms with E-state index >= 15 is 0 Å². The van der Waals surface area contributed by atoms with Gasteiger partial charge in [0.1, 0.15) is 11.6 Å². The van der Waals surface area contributed by atoms with Crippen molar-refractivity contribution in [3.8, 4) is 5.88 Å². The van der Waals surface area contributed by atoms with Crippen molar-refractivity contribution in [3.63, 3.8) is 0 Å². The number of hydrogen-bond acceptors (Lipinski definition) is 6. The van der Waals surface area contributed by atoms with E-state index in [1.54, 1.807) is 0 Å². The molecule has 0 aliphatic heterocycles. The Balaban J connectivity index is 2.25. The molecule has 0 amide bonds. The molecule has 0 unspecified atom stereocenters. The maximum absolute atomic E-state index is 13.0. The van der Waals surface area contributed by atoms with Crippen LogP contribution in [-0.2, 0) is 10.0 Å². The largest absolute Gasteiger partial charge is 0.402 e. The Kier molecular flexibility index (Phi) is 3.45. The maximum Gasteiger partial charge on any atom is 0.345 e. The molecule has 0 radical (unpaired) electrons. The highest BCUT2D eigenvalue weighted by Gasteiger charge is 2.17. The van der Waals surface area contributed by atoms with Gasteiger partial charge in [-0.2, -0.15) is 0 Å². The van der Waals surface area contributed by atoms with Crippen LogP contribution in [0.5, 0.6) is 5.88 Å². The maximum atomic E-state index is 13.0. The standard InChI is InChI=1S/C11H10FN3O4S/c1-20(17,18)15-9(13)6-10(14-15)19-11(16)7-3-2-4-8(12)5-7/h2-6H,13H2,1H3. The van der Waals surface area contributed by atoms with Gasteiger partial charge in [0.15, 0.2) is 0 Å². The first-order chi connectivity index (χ1) is 9.27. The van der Waals surface area contributed by atoms with Gasteiger partial charge in [-0.1, -0.05) is 6.07 Å². The van der Waals surface area contributed by atoms with E-state index in [0.29, 0.717) is 4.09 Å². The number of halogens is 1. The molecule has 2 N–H and O–H groups in total. The lowest BCUT2D eigenvalue weighted by molar-refractivity contribution is 0.0726. The van der Waals surface area contributed by atoms with Gasteiger partial charge in [-0.15, -0.1) is 9.19 Å². The summed E-state index contributed by atoms with van der Waals surface area (Å²) in [6.07, 6.45) is 0.897. The van der Waals surface area contributed by atoms with Gasteiger partial charge in [0.05, 0.1) is 11.8 Å². The highest BCUT2D eigenvalue weighted by Crippen LogP contribution is 2.17. The molecule has 106 valence electrons. The summed E-state index contributed by atoms with van der Waals surface area (Å²) in [6.45, 7) is 0. The van der Waals surface area contributed by atoms with Crippen LogP contribution >= 0.6 is 0 Å². The van der Waals surface area contributed by atoms with E-state index in [1.165, 1.54) is 18.2 Å². The first kappa shape index (κ1) is 14.0. The minimum atomic E-state index is -3.69. The molecule has 2 aromatic rings. The summed E-state index contributed by atoms with van der Waals surface area (Å²) in [5.74, 6) is -1.96. The monoisotopic (exact) mass is 299 g/mol. The second-order valence-corrected chi connectivity index (χ2v) is 5.73. The molecule has 0 fully saturated rings. The average Bonchev–Trinajstić information content (AvgIpc) is 2.70. The van der Waals surface area contributed by atoms with Crippen molar-refractivity contribution in [1.29, 1.82) is 0 Å². The molecule has 1 aromatic carbocycles. The quantitative estimate of drug-likeness (QED) is 0.834. The molecule has 20 heavy (non-hydrogen) atoms. The average molecular weight is 299 g/mol. The van der Waals surface area contributed by atoms with E-state index < -0.39 is 21.8 Å². The predicted molar refractivity (Wildman–Crippen MR) is 68.2 cm³/mol. The van der Waals surface area contributed by atoms with Crippen LogP contribution in [0.3, 0.4) is 0 Å². The summed E-state index contributed by atoms with van der Waals surface area (Å²) in [5.41, 5.74) is 5.41. The molecule has 0 atom stereocenters. The number of hydrogen-bond donors (Lipinski definition) is 1. The van der Waals surface area contributed by atoms with Gasteiger partial charge in [-0.3, -0.25) is 0 Å². The first-order valence-corrected chi connectivity index (χ1v) is 7.16. The third kappa shape index (κ3) is 2.94. The van der Waals surface area contributed by atoms with Crippen LogP contribution in [0.15, 0.2) is 30.3 Å². The van der Waals surface area contributed by atoms with Crippen LogP contribution in [0.25, 0.3) is 0 Å². The topological polar surface area (TPSA) is 104 Å². The van der Waals surface area contributed by atoms with E-state index in [9.17, 15) is 17.6 Å². The van der Waals surface area contributed by atoms with Crippen LogP contribution in [0.2, 0.25) is 0 Å². The van der Waals surface area contributed by atoms with Crippen molar-refractivity contribution in [1.82, 2.24) is 9.19 Å². The molecule has 7 nitrogen and oxygen atoms in total. The SMILES string of the molecule is CS(=O)(=O)n1nc(OC(=O)c2cccc(F)c2)cc1N. The number of esters is 1. The summed E-state index contributed by atoms with van der Waals surface area (Å²) in [4.78, 5) is 11.7. The molecule has 0 bridgehead atoms. The number of carbonyl (C=O) groups is 1. The van der Waals surface area contributed by atoms with Crippen molar-refractivity contribution in [2.45, 2.75) is 0 Å². The molecule has 0 saturated carbocycles. The van der Waals surface area contributed by atoms with Gasteiger partial charge in [0.2, 0.25) is 5.88 Å². The fourth-order valence-corrected chi connectivity index (χ4v) is 2.11. The minimum absolute atomic E-state index is 0.0301. The number of anilines is 1. The lowest BCUT2D eigenvalue weighted by Crippen LogP contribution is -2.15. The third-order valence-electron chi connectivity index (χ3n) is 2.25. The Hall–Kier alpha value is -2.42. The van der Waals surface area contributed by atoms with Crippen LogP contribution in [0.1, 0.15) is 10.4 Å². The molecule has 0 spiro atoms. The second kappa shape index (κ2) is 4.93. The third-order valence-corrected chi connectivity index (χ3v) is 3.17. The predicted octanol–water partition coefficient (Wildman–Crippen LogP) is 0.631. The fraction of sp³-hybridized carbons (Fsp3) is 0.0909. The van der Waals surface area contributed by atoms with Crippen molar-refractivity contribution < 1.29 is 22.3 Å². The van der Waals surface area contributed by atoms with Crippen molar-refractivity contribution in [2.24, 2.45) is 0 Å². The van der Waals surface area contributed by atoms with E-state index in [4.69, 9.17) is 10.5 Å². The van der Waals surface area contributed by atoms with E-state index in [1.807, 2.05) is 0 Å². The Morgan fingerprint density at radius 3 is 2.65 bits per heavy atom. The van der Waals surface area contributed by atoms with Gasteiger partial charge in [0.25, 0.3) is 10.0 Å². The molecule has 0 saturated heterocycles. The number of aromatic nitrogens is 2. The van der Waals surface area contributed by atoms with E-state index in [2.05, 4.69) is 5.10 Å². The van der Waals surface area contributed by atoms with Gasteiger partial charge < -0.3 is 10.5 Å². The zero-order valence-electron chi connectivity index (χ0n) is 10.3. The number of benzene rings is 1. The molecule has 9 heteroatoms. The number of nitrogens with zero attached hydrogens (tertiary/aromatic N) is 2. The van der Waals surface area contributed by atoms with E-state index in [0.717, 1.165) is 18.4 Å². The van der Waals surface area contributed by atoms with Gasteiger partial charge in [0, 0.05) is 6.07 Å². The molecule has 0 aliphatic carbocycles. The first-order valence-electron chi connectivity index (χ1n) is 5.31. The summed E-state index contributed by atoms with van der Waals surface area (Å²) in [6, 6.07) is 5.93. The van der Waals surface area contributed by atoms with Gasteiger partial charge in [-0.05, 0) is 18.2 Å².